The minimum Gasteiger partial charge on any atom is -0.497 e. The molecule has 0 amide bonds. The van der Waals surface area contributed by atoms with Crippen molar-refractivity contribution in [3.63, 3.8) is 0 Å². The van der Waals surface area contributed by atoms with Crippen molar-refractivity contribution < 1.29 is 4.74 Å². The fourth-order valence-corrected chi connectivity index (χ4v) is 5.85. The molecule has 1 aromatic heterocycles. The Kier molecular flexibility index (Phi) is 3.08. The van der Waals surface area contributed by atoms with Gasteiger partial charge >= 0.3 is 0 Å². The van der Waals surface area contributed by atoms with Crippen LogP contribution < -0.4 is 15.5 Å². The van der Waals surface area contributed by atoms with Crippen molar-refractivity contribution in [1.82, 2.24) is 10.2 Å². The molecule has 5 heteroatoms. The van der Waals surface area contributed by atoms with Crippen molar-refractivity contribution in [3.8, 4) is 5.75 Å². The molecule has 2 radical (unpaired) electrons. The zero-order valence-electron chi connectivity index (χ0n) is 15.1. The Morgan fingerprint density at radius 2 is 2.04 bits per heavy atom. The first-order chi connectivity index (χ1) is 13.3. The second-order valence-electron chi connectivity index (χ2n) is 8.00. The molecule has 0 saturated heterocycles. The van der Waals surface area contributed by atoms with Gasteiger partial charge in [-0.1, -0.05) is 35.8 Å². The van der Waals surface area contributed by atoms with E-state index < -0.39 is 0 Å². The van der Waals surface area contributed by atoms with E-state index in [1.165, 1.54) is 23.1 Å². The maximum Gasteiger partial charge on any atom is 0.119 e. The number of para-hydroxylation sites is 1. The van der Waals surface area contributed by atoms with Crippen LogP contribution in [0.4, 0.5) is 5.69 Å². The van der Waals surface area contributed by atoms with E-state index >= 15 is 0 Å². The third-order valence-electron chi connectivity index (χ3n) is 6.83. The summed E-state index contributed by atoms with van der Waals surface area (Å²) in [6, 6.07) is 10.6. The molecule has 132 valence electrons. The van der Waals surface area contributed by atoms with Gasteiger partial charge in [0.2, 0.25) is 0 Å². The number of nitrogens with zero attached hydrogens (tertiary/aromatic N) is 1. The third kappa shape index (κ3) is 1.97. The Labute approximate surface area is 159 Å². The summed E-state index contributed by atoms with van der Waals surface area (Å²) in [4.78, 5) is 0. The molecular weight excluding hydrogens is 333 g/mol. The fourth-order valence-electron chi connectivity index (χ4n) is 5.85. The molecule has 4 nitrogen and oxygen atoms in total. The maximum absolute atomic E-state index is 6.23. The molecule has 1 aliphatic heterocycles. The van der Waals surface area contributed by atoms with Crippen molar-refractivity contribution in [2.45, 2.75) is 18.4 Å². The van der Waals surface area contributed by atoms with Crippen molar-refractivity contribution in [2.75, 3.05) is 12.4 Å². The molecule has 2 aromatic carbocycles. The van der Waals surface area contributed by atoms with Crippen molar-refractivity contribution >= 4 is 29.9 Å². The monoisotopic (exact) mass is 353 g/mol. The van der Waals surface area contributed by atoms with Crippen LogP contribution in [0, 0.1) is 17.8 Å². The molecular formula is C22H20BN3O. The third-order valence-corrected chi connectivity index (χ3v) is 6.83. The van der Waals surface area contributed by atoms with Crippen LogP contribution in [0.1, 0.15) is 29.5 Å². The Hall–Kier alpha value is -2.69. The Morgan fingerprint density at radius 3 is 2.93 bits per heavy atom. The lowest BCUT2D eigenvalue weighted by Crippen LogP contribution is -2.35. The smallest absolute Gasteiger partial charge is 0.119 e. The van der Waals surface area contributed by atoms with Crippen molar-refractivity contribution in [1.29, 1.82) is 0 Å². The van der Waals surface area contributed by atoms with Crippen LogP contribution in [-0.2, 0) is 0 Å². The number of nitrogens with one attached hydrogen (secondary N) is 2. The van der Waals surface area contributed by atoms with E-state index in [4.69, 9.17) is 12.6 Å². The summed E-state index contributed by atoms with van der Waals surface area (Å²) in [5, 5.41) is 12.5. The minimum absolute atomic E-state index is 0.185. The van der Waals surface area contributed by atoms with E-state index in [1.54, 1.807) is 7.11 Å². The number of hydrogen-bond acceptors (Lipinski definition) is 3. The largest absolute Gasteiger partial charge is 0.497 e. The molecule has 3 aromatic rings. The van der Waals surface area contributed by atoms with Crippen molar-refractivity contribution in [3.05, 3.63) is 59.8 Å². The van der Waals surface area contributed by atoms with E-state index in [9.17, 15) is 0 Å². The molecule has 1 saturated carbocycles. The molecule has 2 bridgehead atoms. The van der Waals surface area contributed by atoms with Gasteiger partial charge in [0.25, 0.3) is 0 Å². The number of fused-ring (bicyclic) bond motifs is 9. The first-order valence-corrected chi connectivity index (χ1v) is 9.59. The van der Waals surface area contributed by atoms with Gasteiger partial charge in [0.05, 0.1) is 24.9 Å². The van der Waals surface area contributed by atoms with Gasteiger partial charge in [0.1, 0.15) is 13.6 Å². The Morgan fingerprint density at radius 1 is 1.15 bits per heavy atom. The highest BCUT2D eigenvalue weighted by molar-refractivity contribution is 6.34. The number of aromatic nitrogens is 2. The number of hydrogen-bond donors (Lipinski definition) is 2. The summed E-state index contributed by atoms with van der Waals surface area (Å²) in [6.45, 7) is 0. The van der Waals surface area contributed by atoms with Crippen LogP contribution in [0.5, 0.6) is 5.75 Å². The highest BCUT2D eigenvalue weighted by Crippen LogP contribution is 2.62. The number of aromatic amines is 1. The number of H-pyrrole nitrogens is 1. The van der Waals surface area contributed by atoms with E-state index in [-0.39, 0.29) is 6.04 Å². The van der Waals surface area contributed by atoms with Gasteiger partial charge in [-0.25, -0.2) is 0 Å². The molecule has 6 rings (SSSR count). The first kappa shape index (κ1) is 15.4. The summed E-state index contributed by atoms with van der Waals surface area (Å²) < 4.78 is 5.71. The lowest BCUT2D eigenvalue weighted by Gasteiger charge is -2.42. The second-order valence-corrected chi connectivity index (χ2v) is 8.00. The number of ether oxygens (including phenoxy) is 1. The molecule has 2 unspecified atom stereocenters. The molecule has 2 heterocycles. The Balaban J connectivity index is 1.58. The summed E-state index contributed by atoms with van der Waals surface area (Å²) in [5.74, 6) is 2.96. The lowest BCUT2D eigenvalue weighted by molar-refractivity contribution is 0.324. The van der Waals surface area contributed by atoms with Crippen LogP contribution in [0.3, 0.4) is 0 Å². The number of allylic oxidation sites excluding steroid dienone is 2. The Bertz CT molecular complexity index is 1090. The maximum atomic E-state index is 6.23. The number of methoxy groups -OCH3 is 1. The SMILES string of the molecule is [B]c1cccc([C@@H]2Nc3ccc4[nH]ncc4c3C3C2[C@H]2C=C[C@@H]3C2)c1OC. The fraction of sp³-hybridized carbons (Fsp3) is 0.318. The second kappa shape index (κ2) is 5.41. The zero-order valence-corrected chi connectivity index (χ0v) is 15.1. The summed E-state index contributed by atoms with van der Waals surface area (Å²) >= 11 is 0. The van der Waals surface area contributed by atoms with Gasteiger partial charge in [-0.15, -0.1) is 0 Å². The van der Waals surface area contributed by atoms with Gasteiger partial charge in [0.15, 0.2) is 0 Å². The molecule has 0 spiro atoms. The van der Waals surface area contributed by atoms with E-state index in [1.807, 2.05) is 18.3 Å². The van der Waals surface area contributed by atoms with Crippen LogP contribution in [0.25, 0.3) is 10.9 Å². The summed E-state index contributed by atoms with van der Waals surface area (Å²) in [5.41, 5.74) is 5.60. The molecule has 2 N–H and O–H groups in total. The zero-order chi connectivity index (χ0) is 18.1. The molecule has 3 aliphatic rings. The highest BCUT2D eigenvalue weighted by Gasteiger charge is 2.52. The molecule has 2 aliphatic carbocycles. The van der Waals surface area contributed by atoms with E-state index in [2.05, 4.69) is 45.9 Å². The minimum atomic E-state index is 0.185. The standard InChI is InChI=1S/C22H20BN3O/c1-27-22-13(3-2-4-15(22)23)21-19-12-6-5-11(9-12)18(19)20-14-10-24-26-16(14)7-8-17(20)25-21/h2-8,10-12,18-19,21,25H,9H2,1H3,(H,24,26)/t11-,12+,18?,19?,21+/m1/s1. The van der Waals surface area contributed by atoms with Gasteiger partial charge in [-0.05, 0) is 47.8 Å². The van der Waals surface area contributed by atoms with Crippen LogP contribution in [0.15, 0.2) is 48.7 Å². The van der Waals surface area contributed by atoms with Gasteiger partial charge in [0, 0.05) is 16.6 Å². The number of benzene rings is 2. The van der Waals surface area contributed by atoms with Crippen LogP contribution in [-0.4, -0.2) is 25.2 Å². The predicted molar refractivity (Wildman–Crippen MR) is 108 cm³/mol. The van der Waals surface area contributed by atoms with Crippen LogP contribution in [0.2, 0.25) is 0 Å². The normalized spacial score (nSPS) is 30.2. The summed E-state index contributed by atoms with van der Waals surface area (Å²) in [7, 11) is 7.94. The van der Waals surface area contributed by atoms with E-state index in [0.717, 1.165) is 16.8 Å². The average Bonchev–Trinajstić information content (AvgIpc) is 3.42. The van der Waals surface area contributed by atoms with Crippen molar-refractivity contribution in [2.24, 2.45) is 17.8 Å². The molecule has 27 heavy (non-hydrogen) atoms. The van der Waals surface area contributed by atoms with Gasteiger partial charge in [-0.3, -0.25) is 5.10 Å². The topological polar surface area (TPSA) is 49.9 Å². The quantitative estimate of drug-likeness (QED) is 0.548. The lowest BCUT2D eigenvalue weighted by atomic mass is 9.69. The number of anilines is 1. The summed E-state index contributed by atoms with van der Waals surface area (Å²) in [6.07, 6.45) is 8.04. The first-order valence-electron chi connectivity index (χ1n) is 9.59. The van der Waals surface area contributed by atoms with Gasteiger partial charge < -0.3 is 10.1 Å². The van der Waals surface area contributed by atoms with Crippen LogP contribution >= 0.6 is 0 Å². The predicted octanol–water partition coefficient (Wildman–Crippen LogP) is 3.44. The van der Waals surface area contributed by atoms with Gasteiger partial charge in [-0.2, -0.15) is 5.10 Å². The van der Waals surface area contributed by atoms with E-state index in [0.29, 0.717) is 29.1 Å². The molecule has 5 atom stereocenters. The number of rotatable bonds is 2. The molecule has 1 fully saturated rings. The highest BCUT2D eigenvalue weighted by atomic mass is 16.5. The average molecular weight is 353 g/mol.